The van der Waals surface area contributed by atoms with Gasteiger partial charge in [0.05, 0.1) is 13.2 Å². The fourth-order valence-corrected chi connectivity index (χ4v) is 1.88. The van der Waals surface area contributed by atoms with Crippen LogP contribution in [0.25, 0.3) is 0 Å². The maximum absolute atomic E-state index is 10.1. The van der Waals surface area contributed by atoms with Gasteiger partial charge in [-0.25, -0.2) is 0 Å². The largest absolute Gasteiger partial charge is 0.497 e. The van der Waals surface area contributed by atoms with Crippen LogP contribution in [0.4, 0.5) is 5.69 Å². The predicted octanol–water partition coefficient (Wildman–Crippen LogP) is 2.82. The number of rotatable bonds is 5. The SMILES string of the molecule is C#Cc1cccc(NCC(O)c2ccc(OC)cc2)c1. The van der Waals surface area contributed by atoms with Crippen LogP contribution < -0.4 is 10.1 Å². The Morgan fingerprint density at radius 3 is 2.65 bits per heavy atom. The highest BCUT2D eigenvalue weighted by molar-refractivity contribution is 5.50. The highest BCUT2D eigenvalue weighted by Crippen LogP contribution is 2.18. The van der Waals surface area contributed by atoms with Crippen molar-refractivity contribution in [1.29, 1.82) is 0 Å². The van der Waals surface area contributed by atoms with E-state index < -0.39 is 6.10 Å². The van der Waals surface area contributed by atoms with Gasteiger partial charge in [0, 0.05) is 17.8 Å². The first kappa shape index (κ1) is 14.0. The highest BCUT2D eigenvalue weighted by atomic mass is 16.5. The van der Waals surface area contributed by atoms with Crippen molar-refractivity contribution in [3.63, 3.8) is 0 Å². The standard InChI is InChI=1S/C17H17NO2/c1-3-13-5-4-6-15(11-13)18-12-17(19)14-7-9-16(20-2)10-8-14/h1,4-11,17-19H,12H2,2H3. The lowest BCUT2D eigenvalue weighted by Crippen LogP contribution is -2.12. The smallest absolute Gasteiger partial charge is 0.118 e. The highest BCUT2D eigenvalue weighted by Gasteiger charge is 2.07. The first-order valence-corrected chi connectivity index (χ1v) is 6.35. The molecule has 0 aromatic heterocycles. The Bertz CT molecular complexity index is 599. The number of terminal acetylenes is 1. The molecule has 0 spiro atoms. The molecule has 1 unspecified atom stereocenters. The lowest BCUT2D eigenvalue weighted by atomic mass is 10.1. The summed E-state index contributed by atoms with van der Waals surface area (Å²) in [6.07, 6.45) is 4.77. The molecule has 0 bridgehead atoms. The molecule has 3 nitrogen and oxygen atoms in total. The van der Waals surface area contributed by atoms with Crippen molar-refractivity contribution in [3.8, 4) is 18.1 Å². The Morgan fingerprint density at radius 2 is 2.00 bits per heavy atom. The van der Waals surface area contributed by atoms with Gasteiger partial charge in [0.15, 0.2) is 0 Å². The maximum Gasteiger partial charge on any atom is 0.118 e. The number of methoxy groups -OCH3 is 1. The molecule has 20 heavy (non-hydrogen) atoms. The molecule has 2 N–H and O–H groups in total. The molecule has 3 heteroatoms. The average molecular weight is 267 g/mol. The van der Waals surface area contributed by atoms with Gasteiger partial charge < -0.3 is 15.2 Å². The minimum atomic E-state index is -0.588. The third-order valence-electron chi connectivity index (χ3n) is 3.03. The van der Waals surface area contributed by atoms with Crippen LogP contribution in [0.2, 0.25) is 0 Å². The Morgan fingerprint density at radius 1 is 1.25 bits per heavy atom. The molecule has 1 atom stereocenters. The van der Waals surface area contributed by atoms with E-state index in [4.69, 9.17) is 11.2 Å². The van der Waals surface area contributed by atoms with Crippen molar-refractivity contribution < 1.29 is 9.84 Å². The van der Waals surface area contributed by atoms with Crippen molar-refractivity contribution in [2.45, 2.75) is 6.10 Å². The summed E-state index contributed by atoms with van der Waals surface area (Å²) < 4.78 is 5.09. The molecule has 102 valence electrons. The molecule has 2 aromatic carbocycles. The molecule has 2 rings (SSSR count). The van der Waals surface area contributed by atoms with Crippen molar-refractivity contribution in [2.75, 3.05) is 19.0 Å². The molecule has 0 aliphatic carbocycles. The minimum absolute atomic E-state index is 0.417. The lowest BCUT2D eigenvalue weighted by Gasteiger charge is -2.14. The van der Waals surface area contributed by atoms with Gasteiger partial charge in [0.25, 0.3) is 0 Å². The van der Waals surface area contributed by atoms with Gasteiger partial charge in [-0.1, -0.05) is 24.1 Å². The summed E-state index contributed by atoms with van der Waals surface area (Å²) in [5.74, 6) is 3.36. The van der Waals surface area contributed by atoms with Gasteiger partial charge in [-0.15, -0.1) is 6.42 Å². The normalized spacial score (nSPS) is 11.4. The number of benzene rings is 2. The number of hydrogen-bond acceptors (Lipinski definition) is 3. The summed E-state index contributed by atoms with van der Waals surface area (Å²) in [6.45, 7) is 0.417. The quantitative estimate of drug-likeness (QED) is 0.819. The zero-order valence-corrected chi connectivity index (χ0v) is 11.3. The summed E-state index contributed by atoms with van der Waals surface area (Å²) in [6, 6.07) is 14.9. The molecule has 0 aliphatic heterocycles. The molecule has 0 saturated heterocycles. The first-order valence-electron chi connectivity index (χ1n) is 6.35. The third kappa shape index (κ3) is 3.53. The van der Waals surface area contributed by atoms with Gasteiger partial charge >= 0.3 is 0 Å². The lowest BCUT2D eigenvalue weighted by molar-refractivity contribution is 0.191. The van der Waals surface area contributed by atoms with Crippen LogP contribution in [0.3, 0.4) is 0 Å². The Balaban J connectivity index is 1.97. The molecule has 0 heterocycles. The Labute approximate surface area is 119 Å². The molecule has 0 saturated carbocycles. The minimum Gasteiger partial charge on any atom is -0.497 e. The van der Waals surface area contributed by atoms with Gasteiger partial charge in [-0.3, -0.25) is 0 Å². The second-order valence-electron chi connectivity index (χ2n) is 4.40. The molecular weight excluding hydrogens is 250 g/mol. The zero-order chi connectivity index (χ0) is 14.4. The van der Waals surface area contributed by atoms with E-state index in [1.54, 1.807) is 7.11 Å². The molecule has 0 amide bonds. The van der Waals surface area contributed by atoms with Gasteiger partial charge in [0.1, 0.15) is 5.75 Å². The summed E-state index contributed by atoms with van der Waals surface area (Å²) in [5, 5.41) is 13.3. The van der Waals surface area contributed by atoms with E-state index in [0.717, 1.165) is 22.6 Å². The molecule has 0 aliphatic rings. The molecular formula is C17H17NO2. The molecule has 2 aromatic rings. The topological polar surface area (TPSA) is 41.5 Å². The van der Waals surface area contributed by atoms with Crippen LogP contribution in [0.1, 0.15) is 17.2 Å². The second kappa shape index (κ2) is 6.65. The van der Waals surface area contributed by atoms with Crippen molar-refractivity contribution in [3.05, 3.63) is 59.7 Å². The first-order chi connectivity index (χ1) is 9.72. The van der Waals surface area contributed by atoms with Crippen LogP contribution in [0.15, 0.2) is 48.5 Å². The second-order valence-corrected chi connectivity index (χ2v) is 4.40. The van der Waals surface area contributed by atoms with Crippen LogP contribution in [0.5, 0.6) is 5.75 Å². The van der Waals surface area contributed by atoms with E-state index in [1.165, 1.54) is 0 Å². The van der Waals surface area contributed by atoms with Crippen LogP contribution in [0, 0.1) is 12.3 Å². The number of anilines is 1. The number of aliphatic hydroxyl groups excluding tert-OH is 1. The van der Waals surface area contributed by atoms with E-state index in [2.05, 4.69) is 11.2 Å². The van der Waals surface area contributed by atoms with E-state index in [-0.39, 0.29) is 0 Å². The van der Waals surface area contributed by atoms with E-state index in [9.17, 15) is 5.11 Å². The number of nitrogens with one attached hydrogen (secondary N) is 1. The summed E-state index contributed by atoms with van der Waals surface area (Å²) in [5.41, 5.74) is 2.55. The van der Waals surface area contributed by atoms with E-state index in [1.807, 2.05) is 48.5 Å². The summed E-state index contributed by atoms with van der Waals surface area (Å²) in [4.78, 5) is 0. The molecule has 0 radical (unpaired) electrons. The van der Waals surface area contributed by atoms with Crippen molar-refractivity contribution >= 4 is 5.69 Å². The van der Waals surface area contributed by atoms with Gasteiger partial charge in [0.2, 0.25) is 0 Å². The zero-order valence-electron chi connectivity index (χ0n) is 11.3. The molecule has 0 fully saturated rings. The fourth-order valence-electron chi connectivity index (χ4n) is 1.88. The van der Waals surface area contributed by atoms with Crippen molar-refractivity contribution in [1.82, 2.24) is 0 Å². The van der Waals surface area contributed by atoms with Gasteiger partial charge in [-0.05, 0) is 35.9 Å². The van der Waals surface area contributed by atoms with Crippen molar-refractivity contribution in [2.24, 2.45) is 0 Å². The van der Waals surface area contributed by atoms with E-state index >= 15 is 0 Å². The van der Waals surface area contributed by atoms with Crippen LogP contribution in [-0.2, 0) is 0 Å². The van der Waals surface area contributed by atoms with Gasteiger partial charge in [-0.2, -0.15) is 0 Å². The third-order valence-corrected chi connectivity index (χ3v) is 3.03. The van der Waals surface area contributed by atoms with E-state index in [0.29, 0.717) is 6.54 Å². The number of ether oxygens (including phenoxy) is 1. The number of aliphatic hydroxyl groups is 1. The predicted molar refractivity (Wildman–Crippen MR) is 80.8 cm³/mol. The average Bonchev–Trinajstić information content (AvgIpc) is 2.53. The summed E-state index contributed by atoms with van der Waals surface area (Å²) >= 11 is 0. The van der Waals surface area contributed by atoms with Crippen LogP contribution in [-0.4, -0.2) is 18.8 Å². The maximum atomic E-state index is 10.1. The fraction of sp³-hybridized carbons (Fsp3) is 0.176. The summed E-state index contributed by atoms with van der Waals surface area (Å²) in [7, 11) is 1.62. The Kier molecular flexibility index (Phi) is 4.65. The number of hydrogen-bond donors (Lipinski definition) is 2. The monoisotopic (exact) mass is 267 g/mol. The van der Waals surface area contributed by atoms with Crippen LogP contribution >= 0.6 is 0 Å². The Hall–Kier alpha value is -2.44.